The zero-order valence-electron chi connectivity index (χ0n) is 22.6. The number of aromatic hydroxyl groups is 1. The Hall–Kier alpha value is -3.71. The number of aliphatic hydroxyl groups excluding tert-OH is 2. The zero-order valence-corrected chi connectivity index (χ0v) is 22.6. The fourth-order valence-electron chi connectivity index (χ4n) is 7.59. The molecule has 0 aliphatic heterocycles. The molecule has 0 radical (unpaired) electrons. The van der Waals surface area contributed by atoms with Crippen LogP contribution in [0.25, 0.3) is 16.9 Å². The molecule has 6 rings (SSSR count). The Morgan fingerprint density at radius 2 is 1.70 bits per heavy atom. The summed E-state index contributed by atoms with van der Waals surface area (Å²) in [5.74, 6) is -4.70. The quantitative estimate of drug-likeness (QED) is 0.385. The Morgan fingerprint density at radius 3 is 2.38 bits per heavy atom. The largest absolute Gasteiger partial charge is 0.508 e. The standard InChI is InChI=1S/C33H34O7/c1-17(34)26-25(35)16-22-13-20-14-24-23(19-10-6-3-7-11-19)15-21(12-18-8-4-2-5-9-18)29(36)28(24)30(37)27(20)32(39)33(22,40)31(26)38/h3,6-7,10-11,15,18,20,22,36-38,40H,2,4-5,8-9,12-14,16H2,1H3/t20-,22+,33-/m0/s1. The van der Waals surface area contributed by atoms with Crippen molar-refractivity contribution in [2.75, 3.05) is 0 Å². The van der Waals surface area contributed by atoms with E-state index in [1.807, 2.05) is 36.4 Å². The summed E-state index contributed by atoms with van der Waals surface area (Å²) in [4.78, 5) is 38.7. The van der Waals surface area contributed by atoms with Crippen LogP contribution in [0.1, 0.15) is 68.6 Å². The minimum Gasteiger partial charge on any atom is -0.508 e. The van der Waals surface area contributed by atoms with Gasteiger partial charge in [-0.1, -0.05) is 62.4 Å². The molecule has 7 nitrogen and oxygen atoms in total. The van der Waals surface area contributed by atoms with Gasteiger partial charge >= 0.3 is 0 Å². The van der Waals surface area contributed by atoms with E-state index in [4.69, 9.17) is 0 Å². The number of Topliss-reactive ketones (excluding diaryl/α,β-unsaturated/α-hetero) is 3. The third-order valence-corrected chi connectivity index (χ3v) is 9.57. The minimum absolute atomic E-state index is 0.0615. The lowest BCUT2D eigenvalue weighted by molar-refractivity contribution is -0.147. The second kappa shape index (κ2) is 9.73. The summed E-state index contributed by atoms with van der Waals surface area (Å²) in [6.45, 7) is 1.10. The molecule has 0 spiro atoms. The van der Waals surface area contributed by atoms with E-state index in [1.165, 1.54) is 6.42 Å². The summed E-state index contributed by atoms with van der Waals surface area (Å²) in [5.41, 5.74) is 0.300. The molecule has 0 amide bonds. The number of allylic oxidation sites excluding steroid dienone is 1. The van der Waals surface area contributed by atoms with Crippen molar-refractivity contribution in [2.24, 2.45) is 17.8 Å². The molecule has 2 fully saturated rings. The van der Waals surface area contributed by atoms with Gasteiger partial charge in [0.15, 0.2) is 17.2 Å². The molecular weight excluding hydrogens is 508 g/mol. The highest BCUT2D eigenvalue weighted by molar-refractivity contribution is 6.23. The van der Waals surface area contributed by atoms with Gasteiger partial charge in [0, 0.05) is 17.9 Å². The van der Waals surface area contributed by atoms with Crippen molar-refractivity contribution >= 4 is 23.1 Å². The average Bonchev–Trinajstić information content (AvgIpc) is 2.93. The number of hydrogen-bond donors (Lipinski definition) is 4. The van der Waals surface area contributed by atoms with Crippen molar-refractivity contribution < 1.29 is 34.8 Å². The van der Waals surface area contributed by atoms with Crippen molar-refractivity contribution in [3.05, 3.63) is 70.0 Å². The smallest absolute Gasteiger partial charge is 0.202 e. The highest BCUT2D eigenvalue weighted by atomic mass is 16.3. The van der Waals surface area contributed by atoms with Gasteiger partial charge in [-0.25, -0.2) is 0 Å². The molecular formula is C33H34O7. The van der Waals surface area contributed by atoms with E-state index in [0.29, 0.717) is 29.9 Å². The van der Waals surface area contributed by atoms with Gasteiger partial charge < -0.3 is 20.4 Å². The molecule has 0 bridgehead atoms. The molecule has 3 atom stereocenters. The van der Waals surface area contributed by atoms with E-state index >= 15 is 0 Å². The molecule has 4 aliphatic carbocycles. The first-order chi connectivity index (χ1) is 19.1. The van der Waals surface area contributed by atoms with Crippen LogP contribution in [0.4, 0.5) is 0 Å². The number of carbonyl (C=O) groups is 3. The summed E-state index contributed by atoms with van der Waals surface area (Å²) < 4.78 is 0. The Balaban J connectivity index is 1.53. The highest BCUT2D eigenvalue weighted by Gasteiger charge is 2.60. The van der Waals surface area contributed by atoms with Gasteiger partial charge in [0.25, 0.3) is 0 Å². The number of phenolic OH excluding ortho intramolecular Hbond substituents is 1. The normalized spacial score (nSPS) is 26.9. The molecule has 40 heavy (non-hydrogen) atoms. The number of fused-ring (bicyclic) bond motifs is 3. The van der Waals surface area contributed by atoms with E-state index < -0.39 is 51.9 Å². The monoisotopic (exact) mass is 542 g/mol. The number of ketones is 3. The lowest BCUT2D eigenvalue weighted by Gasteiger charge is -2.46. The van der Waals surface area contributed by atoms with Crippen LogP contribution in [0.5, 0.6) is 5.75 Å². The summed E-state index contributed by atoms with van der Waals surface area (Å²) in [7, 11) is 0. The first-order valence-electron chi connectivity index (χ1n) is 14.2. The molecule has 4 aliphatic rings. The number of hydrogen-bond acceptors (Lipinski definition) is 7. The van der Waals surface area contributed by atoms with Crippen LogP contribution in [0, 0.1) is 17.8 Å². The maximum absolute atomic E-state index is 13.9. The second-order valence-corrected chi connectivity index (χ2v) is 12.0. The SMILES string of the molecule is CC(=O)C1=C(O)[C@]2(O)C(=O)C3=C(O)c4c(O)c(CC5CCCCC5)cc(-c5ccccc5)c4C[C@@H]3C[C@@H]2CC1=O. The number of phenols is 1. The predicted molar refractivity (Wildman–Crippen MR) is 149 cm³/mol. The van der Waals surface area contributed by atoms with Crippen molar-refractivity contribution in [1.29, 1.82) is 0 Å². The third-order valence-electron chi connectivity index (χ3n) is 9.57. The Bertz CT molecular complexity index is 1490. The maximum atomic E-state index is 13.9. The van der Waals surface area contributed by atoms with Gasteiger partial charge in [0.05, 0.1) is 5.56 Å². The fraction of sp³-hybridized carbons (Fsp3) is 0.424. The summed E-state index contributed by atoms with van der Waals surface area (Å²) in [6.07, 6.45) is 6.51. The molecule has 0 saturated heterocycles. The molecule has 2 saturated carbocycles. The fourth-order valence-corrected chi connectivity index (χ4v) is 7.59. The Morgan fingerprint density at radius 1 is 1.00 bits per heavy atom. The number of carbonyl (C=O) groups excluding carboxylic acids is 3. The van der Waals surface area contributed by atoms with E-state index in [9.17, 15) is 34.8 Å². The van der Waals surface area contributed by atoms with Gasteiger partial charge in [-0.3, -0.25) is 14.4 Å². The van der Waals surface area contributed by atoms with E-state index in [0.717, 1.165) is 43.7 Å². The van der Waals surface area contributed by atoms with Gasteiger partial charge in [-0.15, -0.1) is 0 Å². The topological polar surface area (TPSA) is 132 Å². The molecule has 2 aromatic rings. The lowest BCUT2D eigenvalue weighted by Crippen LogP contribution is -2.57. The highest BCUT2D eigenvalue weighted by Crippen LogP contribution is 2.54. The average molecular weight is 543 g/mol. The Labute approximate surface area is 232 Å². The van der Waals surface area contributed by atoms with Crippen LogP contribution in [0.2, 0.25) is 0 Å². The minimum atomic E-state index is -2.48. The number of rotatable bonds is 4. The van der Waals surface area contributed by atoms with Crippen molar-refractivity contribution in [3.63, 3.8) is 0 Å². The molecule has 0 aromatic heterocycles. The molecule has 7 heteroatoms. The van der Waals surface area contributed by atoms with E-state index in [-0.39, 0.29) is 29.7 Å². The molecule has 0 unspecified atom stereocenters. The maximum Gasteiger partial charge on any atom is 0.202 e. The lowest BCUT2D eigenvalue weighted by atomic mass is 9.58. The van der Waals surface area contributed by atoms with Crippen LogP contribution in [-0.4, -0.2) is 43.4 Å². The van der Waals surface area contributed by atoms with Crippen LogP contribution >= 0.6 is 0 Å². The van der Waals surface area contributed by atoms with E-state index in [2.05, 4.69) is 0 Å². The first kappa shape index (κ1) is 26.5. The zero-order chi connectivity index (χ0) is 28.3. The molecule has 208 valence electrons. The summed E-state index contributed by atoms with van der Waals surface area (Å²) >= 11 is 0. The van der Waals surface area contributed by atoms with E-state index in [1.54, 1.807) is 0 Å². The van der Waals surface area contributed by atoms with Crippen LogP contribution in [-0.2, 0) is 27.2 Å². The van der Waals surface area contributed by atoms with Crippen molar-refractivity contribution in [1.82, 2.24) is 0 Å². The Kier molecular flexibility index (Phi) is 6.45. The molecule has 2 aromatic carbocycles. The summed E-state index contributed by atoms with van der Waals surface area (Å²) in [5, 5.41) is 45.7. The van der Waals surface area contributed by atoms with Gasteiger partial charge in [0.1, 0.15) is 22.8 Å². The van der Waals surface area contributed by atoms with Crippen LogP contribution in [0.15, 0.2) is 53.3 Å². The van der Waals surface area contributed by atoms with Crippen molar-refractivity contribution in [2.45, 2.75) is 70.3 Å². The van der Waals surface area contributed by atoms with Gasteiger partial charge in [0.2, 0.25) is 5.78 Å². The summed E-state index contributed by atoms with van der Waals surface area (Å²) in [6, 6.07) is 11.7. The van der Waals surface area contributed by atoms with Crippen molar-refractivity contribution in [3.8, 4) is 16.9 Å². The van der Waals surface area contributed by atoms with Gasteiger partial charge in [-0.2, -0.15) is 0 Å². The van der Waals surface area contributed by atoms with Crippen LogP contribution < -0.4 is 0 Å². The molecule has 0 heterocycles. The predicted octanol–water partition coefficient (Wildman–Crippen LogP) is 5.32. The number of benzene rings is 2. The first-order valence-corrected chi connectivity index (χ1v) is 14.2. The number of aliphatic hydroxyl groups is 3. The van der Waals surface area contributed by atoms with Gasteiger partial charge in [-0.05, 0) is 66.3 Å². The molecule has 4 N–H and O–H groups in total. The third kappa shape index (κ3) is 3.93. The second-order valence-electron chi connectivity index (χ2n) is 12.0. The van der Waals surface area contributed by atoms with Crippen LogP contribution in [0.3, 0.4) is 0 Å².